The van der Waals surface area contributed by atoms with Gasteiger partial charge in [-0.2, -0.15) is 13.2 Å². The molecule has 1 aliphatic heterocycles. The standard InChI is InChI=1S/C23H22F3N3O4/c24-23(25,26)17-8-4-15(5-9-17)21-28-29-22(33-21)16-6-10-18(11-7-16)32-14-20(30)27-13-19-3-1-2-12-31-19/h4-11,19H,1-3,12-14H2,(H,27,30). The van der Waals surface area contributed by atoms with Crippen LogP contribution in [0.2, 0.25) is 0 Å². The first-order valence-corrected chi connectivity index (χ1v) is 10.5. The second kappa shape index (κ2) is 10.0. The lowest BCUT2D eigenvalue weighted by molar-refractivity contribution is -0.137. The Balaban J connectivity index is 1.30. The van der Waals surface area contributed by atoms with Crippen molar-refractivity contribution in [2.75, 3.05) is 19.8 Å². The summed E-state index contributed by atoms with van der Waals surface area (Å²) in [4.78, 5) is 12.0. The van der Waals surface area contributed by atoms with Crippen molar-refractivity contribution in [3.63, 3.8) is 0 Å². The van der Waals surface area contributed by atoms with E-state index in [-0.39, 0.29) is 30.4 Å². The zero-order valence-corrected chi connectivity index (χ0v) is 17.6. The summed E-state index contributed by atoms with van der Waals surface area (Å²) in [5.74, 6) is 0.580. The van der Waals surface area contributed by atoms with Crippen molar-refractivity contribution in [2.45, 2.75) is 31.5 Å². The number of aromatic nitrogens is 2. The lowest BCUT2D eigenvalue weighted by Crippen LogP contribution is -2.37. The van der Waals surface area contributed by atoms with Crippen LogP contribution in [0.15, 0.2) is 52.9 Å². The van der Waals surface area contributed by atoms with Gasteiger partial charge in [-0.15, -0.1) is 10.2 Å². The maximum atomic E-state index is 12.7. The van der Waals surface area contributed by atoms with E-state index in [9.17, 15) is 18.0 Å². The van der Waals surface area contributed by atoms with Crippen molar-refractivity contribution >= 4 is 5.91 Å². The van der Waals surface area contributed by atoms with Gasteiger partial charge in [0.05, 0.1) is 11.7 Å². The number of alkyl halides is 3. The summed E-state index contributed by atoms with van der Waals surface area (Å²) >= 11 is 0. The van der Waals surface area contributed by atoms with Gasteiger partial charge < -0.3 is 19.2 Å². The summed E-state index contributed by atoms with van der Waals surface area (Å²) < 4.78 is 54.8. The fourth-order valence-corrected chi connectivity index (χ4v) is 3.35. The molecule has 10 heteroatoms. The highest BCUT2D eigenvalue weighted by Gasteiger charge is 2.30. The number of carbonyl (C=O) groups excluding carboxylic acids is 1. The van der Waals surface area contributed by atoms with E-state index in [0.717, 1.165) is 38.0 Å². The number of ether oxygens (including phenoxy) is 2. The third kappa shape index (κ3) is 6.10. The maximum absolute atomic E-state index is 12.7. The van der Waals surface area contributed by atoms with Crippen LogP contribution >= 0.6 is 0 Å². The molecule has 0 aliphatic carbocycles. The van der Waals surface area contributed by atoms with E-state index in [0.29, 0.717) is 23.4 Å². The molecule has 1 amide bonds. The van der Waals surface area contributed by atoms with Gasteiger partial charge in [0.2, 0.25) is 11.8 Å². The predicted molar refractivity (Wildman–Crippen MR) is 112 cm³/mol. The lowest BCUT2D eigenvalue weighted by Gasteiger charge is -2.22. The molecule has 0 radical (unpaired) electrons. The molecule has 0 spiro atoms. The second-order valence-electron chi connectivity index (χ2n) is 7.59. The van der Waals surface area contributed by atoms with Crippen LogP contribution < -0.4 is 10.1 Å². The molecule has 2 aromatic carbocycles. The monoisotopic (exact) mass is 461 g/mol. The van der Waals surface area contributed by atoms with Gasteiger partial charge in [-0.1, -0.05) is 0 Å². The minimum Gasteiger partial charge on any atom is -0.484 e. The van der Waals surface area contributed by atoms with E-state index < -0.39 is 11.7 Å². The second-order valence-corrected chi connectivity index (χ2v) is 7.59. The first-order chi connectivity index (χ1) is 15.9. The van der Waals surface area contributed by atoms with Crippen LogP contribution in [0, 0.1) is 0 Å². The van der Waals surface area contributed by atoms with Crippen LogP contribution in [0.5, 0.6) is 5.75 Å². The van der Waals surface area contributed by atoms with Gasteiger partial charge in [0.1, 0.15) is 5.75 Å². The molecule has 1 aromatic heterocycles. The molecule has 2 heterocycles. The van der Waals surface area contributed by atoms with Crippen LogP contribution in [0.25, 0.3) is 22.9 Å². The molecule has 1 N–H and O–H groups in total. The number of hydrogen-bond acceptors (Lipinski definition) is 6. The molecule has 174 valence electrons. The summed E-state index contributed by atoms with van der Waals surface area (Å²) in [5.41, 5.74) is 0.232. The molecule has 4 rings (SSSR count). The van der Waals surface area contributed by atoms with E-state index in [4.69, 9.17) is 13.9 Å². The van der Waals surface area contributed by atoms with Gasteiger partial charge in [-0.3, -0.25) is 4.79 Å². The minimum absolute atomic E-state index is 0.0591. The van der Waals surface area contributed by atoms with E-state index in [1.807, 2.05) is 0 Å². The Kier molecular flexibility index (Phi) is 6.93. The highest BCUT2D eigenvalue weighted by Crippen LogP contribution is 2.31. The van der Waals surface area contributed by atoms with Crippen molar-refractivity contribution in [2.24, 2.45) is 0 Å². The average Bonchev–Trinajstić information content (AvgIpc) is 3.32. The van der Waals surface area contributed by atoms with E-state index >= 15 is 0 Å². The van der Waals surface area contributed by atoms with Crippen molar-refractivity contribution in [3.8, 4) is 28.7 Å². The minimum atomic E-state index is -4.41. The zero-order chi connectivity index (χ0) is 23.3. The summed E-state index contributed by atoms with van der Waals surface area (Å²) in [7, 11) is 0. The number of amides is 1. The Labute approximate surface area is 187 Å². The van der Waals surface area contributed by atoms with E-state index in [1.165, 1.54) is 12.1 Å². The molecule has 1 saturated heterocycles. The fraction of sp³-hybridized carbons (Fsp3) is 0.348. The molecule has 0 bridgehead atoms. The zero-order valence-electron chi connectivity index (χ0n) is 17.6. The maximum Gasteiger partial charge on any atom is 0.416 e. The van der Waals surface area contributed by atoms with Gasteiger partial charge in [-0.25, -0.2) is 0 Å². The Hall–Kier alpha value is -3.40. The fourth-order valence-electron chi connectivity index (χ4n) is 3.35. The largest absolute Gasteiger partial charge is 0.484 e. The number of halogens is 3. The van der Waals surface area contributed by atoms with Gasteiger partial charge in [0, 0.05) is 24.3 Å². The normalized spacial score (nSPS) is 16.4. The molecule has 1 atom stereocenters. The summed E-state index contributed by atoms with van der Waals surface area (Å²) in [6, 6.07) is 11.2. The SMILES string of the molecule is O=C(COc1ccc(-c2nnc(-c3ccc(C(F)(F)F)cc3)o2)cc1)NCC1CCCCO1. The van der Waals surface area contributed by atoms with E-state index in [2.05, 4.69) is 15.5 Å². The predicted octanol–water partition coefficient (Wildman–Crippen LogP) is 4.49. The Morgan fingerprint density at radius 2 is 1.64 bits per heavy atom. The highest BCUT2D eigenvalue weighted by atomic mass is 19.4. The molecule has 7 nitrogen and oxygen atoms in total. The number of benzene rings is 2. The molecular formula is C23H22F3N3O4. The van der Waals surface area contributed by atoms with Crippen LogP contribution in [0.3, 0.4) is 0 Å². The topological polar surface area (TPSA) is 86.5 Å². The Morgan fingerprint density at radius 3 is 2.21 bits per heavy atom. The Bertz CT molecular complexity index is 1060. The summed E-state index contributed by atoms with van der Waals surface area (Å²) in [5, 5.41) is 10.7. The van der Waals surface area contributed by atoms with Crippen molar-refractivity contribution in [1.82, 2.24) is 15.5 Å². The first-order valence-electron chi connectivity index (χ1n) is 10.5. The van der Waals surface area contributed by atoms with E-state index in [1.54, 1.807) is 24.3 Å². The van der Waals surface area contributed by atoms with Crippen LogP contribution in [-0.2, 0) is 15.7 Å². The Morgan fingerprint density at radius 1 is 1.00 bits per heavy atom. The molecular weight excluding hydrogens is 439 g/mol. The van der Waals surface area contributed by atoms with Crippen molar-refractivity contribution in [3.05, 3.63) is 54.1 Å². The molecule has 0 saturated carbocycles. The van der Waals surface area contributed by atoms with Crippen molar-refractivity contribution < 1.29 is 31.9 Å². The molecule has 33 heavy (non-hydrogen) atoms. The van der Waals surface area contributed by atoms with Gasteiger partial charge in [-0.05, 0) is 67.8 Å². The molecule has 1 unspecified atom stereocenters. The van der Waals surface area contributed by atoms with Crippen LogP contribution in [0.1, 0.15) is 24.8 Å². The summed E-state index contributed by atoms with van der Waals surface area (Å²) in [6.45, 7) is 1.08. The third-order valence-electron chi connectivity index (χ3n) is 5.16. The molecule has 1 aliphatic rings. The lowest BCUT2D eigenvalue weighted by atomic mass is 10.1. The first kappa shape index (κ1) is 22.8. The number of nitrogens with one attached hydrogen (secondary N) is 1. The van der Waals surface area contributed by atoms with Crippen LogP contribution in [-0.4, -0.2) is 42.0 Å². The van der Waals surface area contributed by atoms with Gasteiger partial charge in [0.25, 0.3) is 5.91 Å². The number of carbonyl (C=O) groups is 1. The summed E-state index contributed by atoms with van der Waals surface area (Å²) in [6.07, 6.45) is -1.24. The molecule has 3 aromatic rings. The van der Waals surface area contributed by atoms with Crippen LogP contribution in [0.4, 0.5) is 13.2 Å². The average molecular weight is 461 g/mol. The highest BCUT2D eigenvalue weighted by molar-refractivity contribution is 5.77. The number of rotatable bonds is 7. The van der Waals surface area contributed by atoms with Crippen molar-refractivity contribution in [1.29, 1.82) is 0 Å². The quantitative estimate of drug-likeness (QED) is 0.558. The number of hydrogen-bond donors (Lipinski definition) is 1. The number of nitrogens with zero attached hydrogens (tertiary/aromatic N) is 2. The van der Waals surface area contributed by atoms with Gasteiger partial charge >= 0.3 is 6.18 Å². The van der Waals surface area contributed by atoms with Gasteiger partial charge in [0.15, 0.2) is 6.61 Å². The molecule has 1 fully saturated rings. The smallest absolute Gasteiger partial charge is 0.416 e. The third-order valence-corrected chi connectivity index (χ3v) is 5.16.